The fourth-order valence-corrected chi connectivity index (χ4v) is 3.41. The van der Waals surface area contributed by atoms with Gasteiger partial charge in [0.15, 0.2) is 0 Å². The van der Waals surface area contributed by atoms with Crippen LogP contribution in [0.25, 0.3) is 0 Å². The molecule has 0 saturated carbocycles. The van der Waals surface area contributed by atoms with Gasteiger partial charge >= 0.3 is 6.03 Å². The fraction of sp³-hybridized carbons (Fsp3) is 0.500. The average Bonchev–Trinajstić information content (AvgIpc) is 2.83. The van der Waals surface area contributed by atoms with E-state index < -0.39 is 11.6 Å². The topological polar surface area (TPSA) is 91.0 Å². The Morgan fingerprint density at radius 2 is 2.04 bits per heavy atom. The maximum absolute atomic E-state index is 12.9. The lowest BCUT2D eigenvalue weighted by molar-refractivity contribution is -0.140. The molecule has 0 bridgehead atoms. The van der Waals surface area contributed by atoms with Crippen LogP contribution in [-0.4, -0.2) is 66.5 Å². The molecule has 8 heteroatoms. The van der Waals surface area contributed by atoms with Gasteiger partial charge in [0.2, 0.25) is 5.91 Å². The summed E-state index contributed by atoms with van der Waals surface area (Å²) in [6.07, 6.45) is 0. The predicted molar refractivity (Wildman–Crippen MR) is 94.6 cm³/mol. The van der Waals surface area contributed by atoms with Gasteiger partial charge in [-0.25, -0.2) is 4.79 Å². The number of amides is 4. The third kappa shape index (κ3) is 3.24. The summed E-state index contributed by atoms with van der Waals surface area (Å²) < 4.78 is 5.43. The van der Waals surface area contributed by atoms with E-state index in [-0.39, 0.29) is 24.4 Å². The Balaban J connectivity index is 1.81. The van der Waals surface area contributed by atoms with E-state index in [0.29, 0.717) is 25.4 Å². The van der Waals surface area contributed by atoms with Crippen LogP contribution in [0.2, 0.25) is 0 Å². The van der Waals surface area contributed by atoms with Gasteiger partial charge in [0.05, 0.1) is 13.2 Å². The lowest BCUT2D eigenvalue weighted by Crippen LogP contribution is -2.52. The molecular formula is C18H24N4O4. The number of methoxy groups -OCH3 is 1. The maximum Gasteiger partial charge on any atom is 0.325 e. The number of hydrogen-bond donors (Lipinski definition) is 2. The summed E-state index contributed by atoms with van der Waals surface area (Å²) in [5.74, 6) is 0.0542. The first-order chi connectivity index (χ1) is 12.3. The van der Waals surface area contributed by atoms with Gasteiger partial charge in [-0.1, -0.05) is 18.2 Å². The van der Waals surface area contributed by atoms with Gasteiger partial charge in [-0.15, -0.1) is 0 Å². The van der Waals surface area contributed by atoms with Crippen LogP contribution in [-0.2, 0) is 9.59 Å². The fourth-order valence-electron chi connectivity index (χ4n) is 3.41. The van der Waals surface area contributed by atoms with Gasteiger partial charge in [-0.05, 0) is 19.9 Å². The number of nitrogens with zero attached hydrogens (tertiary/aromatic N) is 2. The normalized spacial score (nSPS) is 22.3. The zero-order valence-electron chi connectivity index (χ0n) is 15.2. The molecule has 2 aliphatic rings. The molecule has 2 heterocycles. The number of ether oxygens (including phenoxy) is 1. The van der Waals surface area contributed by atoms with E-state index in [4.69, 9.17) is 4.74 Å². The molecule has 0 aliphatic carbocycles. The second kappa shape index (κ2) is 6.95. The summed E-state index contributed by atoms with van der Waals surface area (Å²) in [5, 5.41) is 5.88. The molecule has 4 amide bonds. The number of urea groups is 1. The van der Waals surface area contributed by atoms with Crippen molar-refractivity contribution in [2.45, 2.75) is 25.4 Å². The summed E-state index contributed by atoms with van der Waals surface area (Å²) in [4.78, 5) is 40.0. The van der Waals surface area contributed by atoms with Crippen molar-refractivity contribution in [3.05, 3.63) is 29.8 Å². The molecule has 140 valence electrons. The van der Waals surface area contributed by atoms with Crippen LogP contribution in [0.1, 0.15) is 25.5 Å². The third-order valence-electron chi connectivity index (χ3n) is 4.80. The molecule has 0 spiro atoms. The Hall–Kier alpha value is -2.61. The number of benzene rings is 1. The zero-order valence-corrected chi connectivity index (χ0v) is 15.2. The minimum absolute atomic E-state index is 0.221. The minimum atomic E-state index is -0.983. The van der Waals surface area contributed by atoms with E-state index in [0.717, 1.165) is 10.5 Å². The highest BCUT2D eigenvalue weighted by atomic mass is 16.5. The Kier molecular flexibility index (Phi) is 4.86. The second-order valence-electron chi connectivity index (χ2n) is 7.00. The zero-order chi connectivity index (χ0) is 18.9. The molecule has 1 aromatic carbocycles. The van der Waals surface area contributed by atoms with E-state index in [1.807, 2.05) is 24.3 Å². The smallest absolute Gasteiger partial charge is 0.325 e. The summed E-state index contributed by atoms with van der Waals surface area (Å²) in [5.41, 5.74) is -0.0869. The summed E-state index contributed by atoms with van der Waals surface area (Å²) >= 11 is 0. The number of carbonyl (C=O) groups excluding carboxylic acids is 3. The molecule has 2 saturated heterocycles. The lowest BCUT2D eigenvalue weighted by atomic mass is 10.0. The van der Waals surface area contributed by atoms with Gasteiger partial charge in [-0.3, -0.25) is 14.5 Å². The van der Waals surface area contributed by atoms with E-state index in [1.165, 1.54) is 0 Å². The first-order valence-electron chi connectivity index (χ1n) is 8.62. The molecule has 3 rings (SSSR count). The summed E-state index contributed by atoms with van der Waals surface area (Å²) in [6, 6.07) is 6.80. The Morgan fingerprint density at radius 1 is 1.31 bits per heavy atom. The van der Waals surface area contributed by atoms with Crippen molar-refractivity contribution in [2.24, 2.45) is 0 Å². The summed E-state index contributed by atoms with van der Waals surface area (Å²) in [7, 11) is 1.59. The number of hydrogen-bond acceptors (Lipinski definition) is 5. The number of nitrogens with one attached hydrogen (secondary N) is 2. The van der Waals surface area contributed by atoms with Crippen molar-refractivity contribution < 1.29 is 19.1 Å². The monoisotopic (exact) mass is 360 g/mol. The van der Waals surface area contributed by atoms with Gasteiger partial charge in [-0.2, -0.15) is 0 Å². The highest BCUT2D eigenvalue weighted by Gasteiger charge is 2.45. The molecular weight excluding hydrogens is 336 g/mol. The van der Waals surface area contributed by atoms with Crippen LogP contribution in [0.5, 0.6) is 5.75 Å². The Labute approximate surface area is 152 Å². The largest absolute Gasteiger partial charge is 0.496 e. The van der Waals surface area contributed by atoms with Crippen molar-refractivity contribution in [1.82, 2.24) is 20.4 Å². The van der Waals surface area contributed by atoms with Crippen molar-refractivity contribution in [2.75, 3.05) is 33.3 Å². The van der Waals surface area contributed by atoms with Gasteiger partial charge in [0.1, 0.15) is 17.8 Å². The van der Waals surface area contributed by atoms with E-state index in [9.17, 15) is 14.4 Å². The standard InChI is InChI=1S/C18H24N4O4/c1-18(2)16(24)22(17(25)20-18)11-15(23)21-9-8-19-10-13(21)12-6-4-5-7-14(12)26-3/h4-7,13,19H,8-11H2,1-3H3,(H,20,25). The molecule has 0 radical (unpaired) electrons. The number of rotatable bonds is 4. The van der Waals surface area contributed by atoms with Crippen molar-refractivity contribution in [3.8, 4) is 5.75 Å². The number of carbonyl (C=O) groups is 3. The quantitative estimate of drug-likeness (QED) is 0.763. The van der Waals surface area contributed by atoms with Crippen LogP contribution in [0.15, 0.2) is 24.3 Å². The van der Waals surface area contributed by atoms with Crippen LogP contribution in [0.4, 0.5) is 4.79 Å². The van der Waals surface area contributed by atoms with Crippen LogP contribution >= 0.6 is 0 Å². The van der Waals surface area contributed by atoms with E-state index in [2.05, 4.69) is 10.6 Å². The molecule has 2 fully saturated rings. The maximum atomic E-state index is 12.9. The van der Waals surface area contributed by atoms with Crippen LogP contribution < -0.4 is 15.4 Å². The number of piperazine rings is 1. The molecule has 26 heavy (non-hydrogen) atoms. The average molecular weight is 360 g/mol. The Morgan fingerprint density at radius 3 is 2.69 bits per heavy atom. The highest BCUT2D eigenvalue weighted by molar-refractivity contribution is 6.08. The van der Waals surface area contributed by atoms with Gasteiger partial charge in [0, 0.05) is 25.2 Å². The van der Waals surface area contributed by atoms with Gasteiger partial charge < -0.3 is 20.3 Å². The van der Waals surface area contributed by atoms with Crippen molar-refractivity contribution in [1.29, 1.82) is 0 Å². The molecule has 8 nitrogen and oxygen atoms in total. The van der Waals surface area contributed by atoms with Crippen molar-refractivity contribution in [3.63, 3.8) is 0 Å². The molecule has 1 unspecified atom stereocenters. The SMILES string of the molecule is COc1ccccc1C1CNCCN1C(=O)CN1C(=O)NC(C)(C)C1=O. The minimum Gasteiger partial charge on any atom is -0.496 e. The number of para-hydroxylation sites is 1. The van der Waals surface area contributed by atoms with Gasteiger partial charge in [0.25, 0.3) is 5.91 Å². The first-order valence-corrected chi connectivity index (χ1v) is 8.62. The highest BCUT2D eigenvalue weighted by Crippen LogP contribution is 2.30. The number of imide groups is 1. The lowest BCUT2D eigenvalue weighted by Gasteiger charge is -2.37. The third-order valence-corrected chi connectivity index (χ3v) is 4.80. The molecule has 0 aromatic heterocycles. The second-order valence-corrected chi connectivity index (χ2v) is 7.00. The van der Waals surface area contributed by atoms with Crippen LogP contribution in [0.3, 0.4) is 0 Å². The molecule has 2 aliphatic heterocycles. The van der Waals surface area contributed by atoms with Crippen LogP contribution in [0, 0.1) is 0 Å². The first kappa shape index (κ1) is 18.2. The van der Waals surface area contributed by atoms with E-state index in [1.54, 1.807) is 25.9 Å². The molecule has 1 aromatic rings. The van der Waals surface area contributed by atoms with Crippen molar-refractivity contribution >= 4 is 17.8 Å². The Bertz CT molecular complexity index is 734. The van der Waals surface area contributed by atoms with E-state index >= 15 is 0 Å². The predicted octanol–water partition coefficient (Wildman–Crippen LogP) is 0.499. The molecule has 1 atom stereocenters. The summed E-state index contributed by atoms with van der Waals surface area (Å²) in [6.45, 7) is 4.72. The molecule has 2 N–H and O–H groups in total.